The van der Waals surface area contributed by atoms with Crippen LogP contribution in [0.5, 0.6) is 11.6 Å². The van der Waals surface area contributed by atoms with Crippen molar-refractivity contribution in [1.29, 1.82) is 0 Å². The maximum Gasteiger partial charge on any atom is 0.423 e. The fourth-order valence-corrected chi connectivity index (χ4v) is 6.27. The summed E-state index contributed by atoms with van der Waals surface area (Å²) in [6.07, 6.45) is -2.37. The summed E-state index contributed by atoms with van der Waals surface area (Å²) in [5.74, 6) is -0.985. The number of nitrogens with zero attached hydrogens (tertiary/aromatic N) is 4. The number of alkyl halides is 3. The molecule has 1 fully saturated rings. The van der Waals surface area contributed by atoms with E-state index in [1.165, 1.54) is 20.2 Å². The van der Waals surface area contributed by atoms with Crippen molar-refractivity contribution < 1.29 is 35.9 Å². The van der Waals surface area contributed by atoms with Gasteiger partial charge in [-0.1, -0.05) is 24.3 Å². The zero-order chi connectivity index (χ0) is 32.5. The van der Waals surface area contributed by atoms with Gasteiger partial charge in [-0.15, -0.1) is 0 Å². The van der Waals surface area contributed by atoms with Crippen molar-refractivity contribution in [3.05, 3.63) is 70.9 Å². The van der Waals surface area contributed by atoms with E-state index in [0.29, 0.717) is 23.0 Å². The number of anilines is 2. The Morgan fingerprint density at radius 1 is 1.13 bits per heavy atom. The summed E-state index contributed by atoms with van der Waals surface area (Å²) in [5, 5.41) is 5.89. The summed E-state index contributed by atoms with van der Waals surface area (Å²) >= 11 is 0. The number of carbonyl (C=O) groups excluding carboxylic acids is 1. The molecule has 11 nitrogen and oxygen atoms in total. The van der Waals surface area contributed by atoms with Crippen LogP contribution in [0, 0.1) is 0 Å². The maximum atomic E-state index is 14.1. The Kier molecular flexibility index (Phi) is 9.23. The number of hydrogen-bond donors (Lipinski definition) is 2. The highest BCUT2D eigenvalue weighted by molar-refractivity contribution is 7.88. The van der Waals surface area contributed by atoms with Crippen LogP contribution in [0.1, 0.15) is 45.9 Å². The van der Waals surface area contributed by atoms with Gasteiger partial charge in [-0.05, 0) is 62.3 Å². The number of ether oxygens (including phenoxy) is 2. The van der Waals surface area contributed by atoms with Crippen molar-refractivity contribution in [2.24, 2.45) is 0 Å². The average molecular weight is 649 g/mol. The van der Waals surface area contributed by atoms with Gasteiger partial charge in [0.1, 0.15) is 17.4 Å². The number of benzene rings is 2. The molecule has 2 aromatic carbocycles. The quantitative estimate of drug-likeness (QED) is 0.354. The van der Waals surface area contributed by atoms with E-state index in [4.69, 9.17) is 9.47 Å². The third-order valence-corrected chi connectivity index (χ3v) is 9.42. The number of likely N-dealkylation sites (tertiary alicyclic amines) is 1. The van der Waals surface area contributed by atoms with Crippen molar-refractivity contribution in [1.82, 2.24) is 24.5 Å². The number of methoxy groups -OCH3 is 1. The van der Waals surface area contributed by atoms with Gasteiger partial charge in [0, 0.05) is 31.3 Å². The summed E-state index contributed by atoms with van der Waals surface area (Å²) < 4.78 is 79.6. The summed E-state index contributed by atoms with van der Waals surface area (Å²) in [7, 11) is 1.07. The van der Waals surface area contributed by atoms with Gasteiger partial charge in [0.15, 0.2) is 0 Å². The number of likely N-dealkylation sites (N-methyl/N-ethyl adjacent to an activating group) is 1. The monoisotopic (exact) mass is 648 g/mol. The number of rotatable bonds is 9. The molecule has 0 unspecified atom stereocenters. The molecule has 2 aliphatic rings. The highest BCUT2D eigenvalue weighted by atomic mass is 32.2. The molecular formula is C30H35F3N6O5S. The van der Waals surface area contributed by atoms with Crippen LogP contribution < -0.4 is 20.1 Å². The second kappa shape index (κ2) is 12.8. The molecule has 1 aliphatic carbocycles. The standard InChI is InChI=1S/C30H35F3N6O5S/c1-38-13-11-20(12-14-38)35-27(40)19-9-10-23(24(16-19)43-3)36-29-34-17-22(30(31,32)33)28(37-29)44-25-15-18-7-5-6-8-21(18)26(25)39(2)45(4,41)42/h5-10,16-17,20,25-26H,11-15H2,1-4H3,(H,35,40)(H,34,36,37)/t25-,26-/m1/s1. The molecule has 45 heavy (non-hydrogen) atoms. The van der Waals surface area contributed by atoms with Crippen LogP contribution in [0.2, 0.25) is 0 Å². The number of piperidine rings is 1. The largest absolute Gasteiger partial charge is 0.495 e. The van der Waals surface area contributed by atoms with Crippen molar-refractivity contribution >= 4 is 27.6 Å². The molecule has 0 spiro atoms. The maximum absolute atomic E-state index is 14.1. The smallest absolute Gasteiger partial charge is 0.423 e. The molecule has 2 atom stereocenters. The third-order valence-electron chi connectivity index (χ3n) is 8.15. The molecule has 5 rings (SSSR count). The highest BCUT2D eigenvalue weighted by Crippen LogP contribution is 2.42. The summed E-state index contributed by atoms with van der Waals surface area (Å²) in [5.41, 5.74) is 0.852. The minimum absolute atomic E-state index is 0.0564. The van der Waals surface area contributed by atoms with E-state index < -0.39 is 39.8 Å². The van der Waals surface area contributed by atoms with Gasteiger partial charge in [-0.3, -0.25) is 4.79 Å². The van der Waals surface area contributed by atoms with Crippen LogP contribution in [-0.4, -0.2) is 86.2 Å². The lowest BCUT2D eigenvalue weighted by molar-refractivity contribution is -0.140. The number of sulfonamides is 1. The average Bonchev–Trinajstić information content (AvgIpc) is 3.34. The van der Waals surface area contributed by atoms with Crippen LogP contribution in [0.3, 0.4) is 0 Å². The van der Waals surface area contributed by atoms with Gasteiger partial charge in [-0.2, -0.15) is 22.5 Å². The van der Waals surface area contributed by atoms with Crippen molar-refractivity contribution in [2.75, 3.05) is 45.9 Å². The third kappa shape index (κ3) is 7.31. The van der Waals surface area contributed by atoms with Crippen molar-refractivity contribution in [2.45, 2.75) is 43.6 Å². The van der Waals surface area contributed by atoms with Gasteiger partial charge in [0.2, 0.25) is 21.9 Å². The van der Waals surface area contributed by atoms with Gasteiger partial charge in [0.05, 0.1) is 25.1 Å². The number of amides is 1. The Morgan fingerprint density at radius 3 is 2.51 bits per heavy atom. The summed E-state index contributed by atoms with van der Waals surface area (Å²) in [6, 6.07) is 10.8. The Bertz CT molecular complexity index is 1660. The molecule has 0 bridgehead atoms. The first-order valence-electron chi connectivity index (χ1n) is 14.3. The minimum atomic E-state index is -4.85. The van der Waals surface area contributed by atoms with E-state index in [1.807, 2.05) is 7.05 Å². The van der Waals surface area contributed by atoms with E-state index in [0.717, 1.165) is 42.1 Å². The molecule has 2 heterocycles. The summed E-state index contributed by atoms with van der Waals surface area (Å²) in [4.78, 5) is 23.0. The lowest BCUT2D eigenvalue weighted by Gasteiger charge is -2.29. The molecule has 1 amide bonds. The topological polar surface area (TPSA) is 126 Å². The van der Waals surface area contributed by atoms with Crippen molar-refractivity contribution in [3.8, 4) is 11.6 Å². The van der Waals surface area contributed by atoms with Crippen LogP contribution >= 0.6 is 0 Å². The van der Waals surface area contributed by atoms with E-state index >= 15 is 0 Å². The predicted octanol–water partition coefficient (Wildman–Crippen LogP) is 4.01. The zero-order valence-corrected chi connectivity index (χ0v) is 26.1. The van der Waals surface area contributed by atoms with Crippen LogP contribution in [0.25, 0.3) is 0 Å². The summed E-state index contributed by atoms with van der Waals surface area (Å²) in [6.45, 7) is 1.78. The van der Waals surface area contributed by atoms with Crippen LogP contribution in [-0.2, 0) is 22.6 Å². The fourth-order valence-electron chi connectivity index (χ4n) is 5.61. The molecule has 0 radical (unpaired) electrons. The SMILES string of the molecule is COc1cc(C(=O)NC2CCN(C)CC2)ccc1Nc1ncc(C(F)(F)F)c(O[C@@H]2Cc3ccccc3[C@H]2N(C)S(C)(=O)=O)n1. The van der Waals surface area contributed by atoms with Gasteiger partial charge >= 0.3 is 6.18 Å². The number of aromatic nitrogens is 2. The first-order valence-corrected chi connectivity index (χ1v) is 16.2. The van der Waals surface area contributed by atoms with Gasteiger partial charge < -0.3 is 25.0 Å². The molecule has 15 heteroatoms. The number of fused-ring (bicyclic) bond motifs is 1. The molecule has 242 valence electrons. The van der Waals surface area contributed by atoms with Crippen molar-refractivity contribution in [3.63, 3.8) is 0 Å². The zero-order valence-electron chi connectivity index (χ0n) is 25.3. The van der Waals surface area contributed by atoms with E-state index in [2.05, 4.69) is 25.5 Å². The second-order valence-electron chi connectivity index (χ2n) is 11.3. The Labute approximate surface area is 259 Å². The van der Waals surface area contributed by atoms with Gasteiger partial charge in [-0.25, -0.2) is 13.4 Å². The lowest BCUT2D eigenvalue weighted by atomic mass is 10.0. The highest BCUT2D eigenvalue weighted by Gasteiger charge is 2.43. The Balaban J connectivity index is 1.40. The molecule has 3 aromatic rings. The van der Waals surface area contributed by atoms with Gasteiger partial charge in [0.25, 0.3) is 5.91 Å². The molecular weight excluding hydrogens is 613 g/mol. The first kappa shape index (κ1) is 32.4. The second-order valence-corrected chi connectivity index (χ2v) is 13.3. The fraction of sp³-hybridized carbons (Fsp3) is 0.433. The number of hydrogen-bond acceptors (Lipinski definition) is 9. The number of nitrogens with one attached hydrogen (secondary N) is 2. The molecule has 1 aromatic heterocycles. The minimum Gasteiger partial charge on any atom is -0.495 e. The lowest BCUT2D eigenvalue weighted by Crippen LogP contribution is -2.43. The Morgan fingerprint density at radius 2 is 1.84 bits per heavy atom. The van der Waals surface area contributed by atoms with E-state index in [9.17, 15) is 26.4 Å². The molecule has 1 saturated heterocycles. The molecule has 1 aliphatic heterocycles. The Hall–Kier alpha value is -3.95. The predicted molar refractivity (Wildman–Crippen MR) is 161 cm³/mol. The van der Waals surface area contributed by atoms with Crippen LogP contribution in [0.15, 0.2) is 48.7 Å². The first-order chi connectivity index (χ1) is 21.2. The number of carbonyl (C=O) groups is 1. The van der Waals surface area contributed by atoms with Crippen LogP contribution in [0.4, 0.5) is 24.8 Å². The normalized spacial score (nSPS) is 19.3. The number of halogens is 3. The molecule has 0 saturated carbocycles. The van der Waals surface area contributed by atoms with E-state index in [1.54, 1.807) is 36.4 Å². The van der Waals surface area contributed by atoms with E-state index in [-0.39, 0.29) is 30.1 Å². The molecule has 2 N–H and O–H groups in total.